The van der Waals surface area contributed by atoms with Gasteiger partial charge in [-0.2, -0.15) is 0 Å². The average molecular weight is 444 g/mol. The van der Waals surface area contributed by atoms with Gasteiger partial charge < -0.3 is 15.1 Å². The van der Waals surface area contributed by atoms with Gasteiger partial charge in [-0.05, 0) is 24.0 Å². The van der Waals surface area contributed by atoms with Crippen molar-refractivity contribution in [3.05, 3.63) is 35.4 Å². The van der Waals surface area contributed by atoms with Gasteiger partial charge in [0.25, 0.3) is 0 Å². The van der Waals surface area contributed by atoms with E-state index in [1.165, 1.54) is 11.1 Å². The van der Waals surface area contributed by atoms with Gasteiger partial charge in [0.05, 0.1) is 0 Å². The van der Waals surface area contributed by atoms with Crippen molar-refractivity contribution in [3.63, 3.8) is 0 Å². The molecule has 5 nitrogen and oxygen atoms in total. The molecule has 134 valence electrons. The first kappa shape index (κ1) is 20.7. The van der Waals surface area contributed by atoms with Gasteiger partial charge in [-0.15, -0.1) is 24.0 Å². The van der Waals surface area contributed by atoms with Gasteiger partial charge in [-0.25, -0.2) is 4.99 Å². The molecule has 0 spiro atoms. The summed E-state index contributed by atoms with van der Waals surface area (Å²) in [5.41, 5.74) is 2.77. The molecule has 1 N–H and O–H groups in total. The second-order valence-corrected chi connectivity index (χ2v) is 6.15. The summed E-state index contributed by atoms with van der Waals surface area (Å²) in [7, 11) is 3.53. The molecule has 1 aliphatic heterocycles. The molecule has 0 radical (unpaired) electrons. The number of carbonyl (C=O) groups excluding carboxylic acids is 1. The monoisotopic (exact) mass is 444 g/mol. The second kappa shape index (κ2) is 10.5. The lowest BCUT2D eigenvalue weighted by Crippen LogP contribution is -2.45. The van der Waals surface area contributed by atoms with E-state index in [4.69, 9.17) is 0 Å². The minimum Gasteiger partial charge on any atom is -0.356 e. The maximum atomic E-state index is 11.8. The summed E-state index contributed by atoms with van der Waals surface area (Å²) in [5, 5.41) is 3.42. The Hall–Kier alpha value is -1.31. The molecule has 0 aromatic heterocycles. The number of rotatable bonds is 5. The summed E-state index contributed by atoms with van der Waals surface area (Å²) in [6.45, 7) is 5.05. The van der Waals surface area contributed by atoms with Crippen LogP contribution in [0.3, 0.4) is 0 Å². The van der Waals surface area contributed by atoms with Gasteiger partial charge in [-0.1, -0.05) is 37.6 Å². The maximum Gasteiger partial charge on any atom is 0.243 e. The molecule has 1 heterocycles. The Morgan fingerprint density at radius 3 is 2.67 bits per heavy atom. The summed E-state index contributed by atoms with van der Waals surface area (Å²) < 4.78 is 0. The van der Waals surface area contributed by atoms with Crippen LogP contribution in [0, 0.1) is 0 Å². The van der Waals surface area contributed by atoms with Crippen molar-refractivity contribution in [2.75, 3.05) is 33.7 Å². The number of nitrogens with one attached hydrogen (secondary N) is 1. The third-order valence-electron chi connectivity index (χ3n) is 4.11. The van der Waals surface area contributed by atoms with Crippen LogP contribution in [0.4, 0.5) is 0 Å². The van der Waals surface area contributed by atoms with Crippen LogP contribution in [0.1, 0.15) is 30.9 Å². The van der Waals surface area contributed by atoms with Gasteiger partial charge >= 0.3 is 0 Å². The minimum atomic E-state index is 0. The summed E-state index contributed by atoms with van der Waals surface area (Å²) in [5.74, 6) is 0.875. The first-order chi connectivity index (χ1) is 11.1. The maximum absolute atomic E-state index is 11.8. The predicted octanol–water partition coefficient (Wildman–Crippen LogP) is 2.50. The zero-order valence-corrected chi connectivity index (χ0v) is 17.2. The van der Waals surface area contributed by atoms with Crippen LogP contribution >= 0.6 is 24.0 Å². The van der Waals surface area contributed by atoms with Gasteiger partial charge in [-0.3, -0.25) is 4.79 Å². The van der Waals surface area contributed by atoms with Gasteiger partial charge in [0.2, 0.25) is 5.91 Å². The molecule has 2 rings (SSSR count). The number of benzene rings is 1. The molecular weight excluding hydrogens is 415 g/mol. The highest BCUT2D eigenvalue weighted by Gasteiger charge is 2.19. The summed E-state index contributed by atoms with van der Waals surface area (Å²) in [4.78, 5) is 20.2. The Balaban J connectivity index is 0.00000288. The van der Waals surface area contributed by atoms with Gasteiger partial charge in [0, 0.05) is 33.7 Å². The quantitative estimate of drug-likeness (QED) is 0.329. The molecule has 0 fully saturated rings. The van der Waals surface area contributed by atoms with E-state index in [2.05, 4.69) is 46.4 Å². The first-order valence-electron chi connectivity index (χ1n) is 8.42. The topological polar surface area (TPSA) is 47.9 Å². The predicted molar refractivity (Wildman–Crippen MR) is 110 cm³/mol. The lowest BCUT2D eigenvalue weighted by molar-refractivity contribution is -0.127. The number of likely N-dealkylation sites (N-methyl/N-ethyl adjacent to an activating group) is 1. The molecule has 1 aromatic carbocycles. The number of unbranched alkanes of at least 4 members (excludes halogenated alkanes) is 1. The highest BCUT2D eigenvalue weighted by Crippen LogP contribution is 2.18. The van der Waals surface area contributed by atoms with Gasteiger partial charge in [0.15, 0.2) is 5.96 Å². The smallest absolute Gasteiger partial charge is 0.243 e. The van der Waals surface area contributed by atoms with Crippen molar-refractivity contribution in [2.45, 2.75) is 32.7 Å². The number of fused-ring (bicyclic) bond motifs is 1. The second-order valence-electron chi connectivity index (χ2n) is 6.15. The van der Waals surface area contributed by atoms with Crippen LogP contribution in [-0.4, -0.2) is 55.4 Å². The number of carbonyl (C=O) groups is 1. The van der Waals surface area contributed by atoms with E-state index < -0.39 is 0 Å². The summed E-state index contributed by atoms with van der Waals surface area (Å²) in [6.07, 6.45) is 3.26. The first-order valence-corrected chi connectivity index (χ1v) is 8.42. The lowest BCUT2D eigenvalue weighted by atomic mass is 10.0. The molecule has 0 saturated heterocycles. The number of hydrogen-bond donors (Lipinski definition) is 1. The SMILES string of the molecule is CCCCNC(=NCC(=O)N(C)C)N1CCc2ccccc2C1.I. The Morgan fingerprint density at radius 2 is 2.00 bits per heavy atom. The fourth-order valence-electron chi connectivity index (χ4n) is 2.61. The number of amides is 1. The Labute approximate surface area is 162 Å². The highest BCUT2D eigenvalue weighted by molar-refractivity contribution is 14.0. The highest BCUT2D eigenvalue weighted by atomic mass is 127. The van der Waals surface area contributed by atoms with E-state index in [1.54, 1.807) is 19.0 Å². The van der Waals surface area contributed by atoms with Crippen molar-refractivity contribution >= 4 is 35.8 Å². The number of guanidine groups is 1. The van der Waals surface area contributed by atoms with Crippen molar-refractivity contribution in [3.8, 4) is 0 Å². The fourth-order valence-corrected chi connectivity index (χ4v) is 2.61. The van der Waals surface area contributed by atoms with Crippen LogP contribution < -0.4 is 5.32 Å². The molecule has 1 aliphatic rings. The molecular formula is C18H29IN4O. The van der Waals surface area contributed by atoms with Gasteiger partial charge in [0.1, 0.15) is 6.54 Å². The third-order valence-corrected chi connectivity index (χ3v) is 4.11. The van der Waals surface area contributed by atoms with Crippen molar-refractivity contribution in [2.24, 2.45) is 4.99 Å². The Kier molecular flexibility index (Phi) is 9.10. The summed E-state index contributed by atoms with van der Waals surface area (Å²) in [6, 6.07) is 8.55. The number of aliphatic imine (C=N–C) groups is 1. The van der Waals surface area contributed by atoms with E-state index >= 15 is 0 Å². The van der Waals surface area contributed by atoms with E-state index in [0.29, 0.717) is 0 Å². The third kappa shape index (κ3) is 5.96. The van der Waals surface area contributed by atoms with E-state index in [-0.39, 0.29) is 36.4 Å². The number of nitrogens with zero attached hydrogens (tertiary/aromatic N) is 3. The number of hydrogen-bond acceptors (Lipinski definition) is 2. The van der Waals surface area contributed by atoms with Crippen molar-refractivity contribution in [1.29, 1.82) is 0 Å². The average Bonchev–Trinajstić information content (AvgIpc) is 2.57. The zero-order chi connectivity index (χ0) is 16.7. The van der Waals surface area contributed by atoms with Crippen LogP contribution in [0.2, 0.25) is 0 Å². The standard InChI is InChI=1S/C18H28N4O.HI/c1-4-5-11-19-18(20-13-17(23)21(2)3)22-12-10-15-8-6-7-9-16(15)14-22;/h6-9H,4-5,10-14H2,1-3H3,(H,19,20);1H. The fraction of sp³-hybridized carbons (Fsp3) is 0.556. The molecule has 0 unspecified atom stereocenters. The minimum absolute atomic E-state index is 0. The van der Waals surface area contributed by atoms with E-state index in [0.717, 1.165) is 44.9 Å². The van der Waals surface area contributed by atoms with E-state index in [9.17, 15) is 4.79 Å². The van der Waals surface area contributed by atoms with E-state index in [1.807, 2.05) is 0 Å². The van der Waals surface area contributed by atoms with Crippen LogP contribution in [0.5, 0.6) is 0 Å². The Bertz CT molecular complexity index is 560. The molecule has 24 heavy (non-hydrogen) atoms. The number of halogens is 1. The molecule has 0 bridgehead atoms. The lowest BCUT2D eigenvalue weighted by Gasteiger charge is -2.32. The molecule has 0 aliphatic carbocycles. The van der Waals surface area contributed by atoms with Crippen molar-refractivity contribution in [1.82, 2.24) is 15.1 Å². The van der Waals surface area contributed by atoms with Crippen LogP contribution in [0.25, 0.3) is 0 Å². The molecule has 0 saturated carbocycles. The Morgan fingerprint density at radius 1 is 1.29 bits per heavy atom. The van der Waals surface area contributed by atoms with Crippen LogP contribution in [0.15, 0.2) is 29.3 Å². The molecule has 1 aromatic rings. The molecule has 0 atom stereocenters. The molecule has 6 heteroatoms. The van der Waals surface area contributed by atoms with Crippen LogP contribution in [-0.2, 0) is 17.8 Å². The van der Waals surface area contributed by atoms with Crippen molar-refractivity contribution < 1.29 is 4.79 Å². The normalized spacial score (nSPS) is 13.8. The largest absolute Gasteiger partial charge is 0.356 e. The zero-order valence-electron chi connectivity index (χ0n) is 14.9. The summed E-state index contributed by atoms with van der Waals surface area (Å²) >= 11 is 0. The molecule has 1 amide bonds.